The largest absolute Gasteiger partial charge is 0.296 e. The van der Waals surface area contributed by atoms with Crippen molar-refractivity contribution in [1.29, 1.82) is 0 Å². The topological polar surface area (TPSA) is 35.6 Å². The number of rotatable bonds is 3. The molecule has 7 aromatic carbocycles. The van der Waals surface area contributed by atoms with Gasteiger partial charge in [-0.15, -0.1) is 0 Å². The summed E-state index contributed by atoms with van der Waals surface area (Å²) in [7, 11) is 0. The highest BCUT2D eigenvalue weighted by molar-refractivity contribution is 6.17. The van der Waals surface area contributed by atoms with Gasteiger partial charge in [-0.3, -0.25) is 9.13 Å². The predicted octanol–water partition coefficient (Wildman–Crippen LogP) is 11.3. The van der Waals surface area contributed by atoms with Crippen molar-refractivity contribution in [3.8, 4) is 33.6 Å². The smallest absolute Gasteiger partial charge is 0.111 e. The molecule has 1 aliphatic carbocycles. The summed E-state index contributed by atoms with van der Waals surface area (Å²) in [5.74, 6) is 1.94. The van der Waals surface area contributed by atoms with Gasteiger partial charge in [0, 0.05) is 16.2 Å². The Labute approximate surface area is 284 Å². The molecule has 2 aromatic heterocycles. The zero-order chi connectivity index (χ0) is 33.0. The predicted molar refractivity (Wildman–Crippen MR) is 203 cm³/mol. The van der Waals surface area contributed by atoms with E-state index in [0.29, 0.717) is 0 Å². The van der Waals surface area contributed by atoms with E-state index < -0.39 is 0 Å². The number of para-hydroxylation sites is 4. The van der Waals surface area contributed by atoms with Crippen molar-refractivity contribution < 1.29 is 0 Å². The molecule has 0 aliphatic heterocycles. The van der Waals surface area contributed by atoms with E-state index >= 15 is 0 Å². The maximum Gasteiger partial charge on any atom is 0.111 e. The number of hydrogen-bond donors (Lipinski definition) is 0. The molecule has 0 spiro atoms. The lowest BCUT2D eigenvalue weighted by atomic mass is 9.81. The third kappa shape index (κ3) is 3.86. The van der Waals surface area contributed by atoms with Crippen LogP contribution in [-0.4, -0.2) is 19.1 Å². The minimum absolute atomic E-state index is 0.0989. The summed E-state index contributed by atoms with van der Waals surface area (Å²) in [6.45, 7) is 8.93. The lowest BCUT2D eigenvalue weighted by Crippen LogP contribution is -2.14. The van der Waals surface area contributed by atoms with Gasteiger partial charge >= 0.3 is 0 Å². The van der Waals surface area contributed by atoms with E-state index in [1.54, 1.807) is 0 Å². The first-order valence-electron chi connectivity index (χ1n) is 17.0. The molecule has 0 radical (unpaired) electrons. The summed E-state index contributed by atoms with van der Waals surface area (Å²) in [5, 5.41) is 4.82. The first-order valence-corrected chi connectivity index (χ1v) is 17.0. The van der Waals surface area contributed by atoms with Gasteiger partial charge in [0.25, 0.3) is 0 Å². The third-order valence-electron chi connectivity index (χ3n) is 10.8. The molecule has 0 fully saturated rings. The van der Waals surface area contributed by atoms with Crippen LogP contribution in [0.4, 0.5) is 0 Å². The van der Waals surface area contributed by atoms with Gasteiger partial charge in [0.2, 0.25) is 0 Å². The molecule has 4 nitrogen and oxygen atoms in total. The van der Waals surface area contributed by atoms with E-state index in [4.69, 9.17) is 9.97 Å². The summed E-state index contributed by atoms with van der Waals surface area (Å²) in [4.78, 5) is 9.94. The van der Waals surface area contributed by atoms with Gasteiger partial charge in [-0.05, 0) is 107 Å². The Morgan fingerprint density at radius 3 is 1.61 bits per heavy atom. The molecule has 4 heteroatoms. The highest BCUT2D eigenvalue weighted by Gasteiger charge is 2.35. The summed E-state index contributed by atoms with van der Waals surface area (Å²) >= 11 is 0. The molecule has 9 aromatic rings. The van der Waals surface area contributed by atoms with E-state index in [1.165, 1.54) is 54.9 Å². The average Bonchev–Trinajstić information content (AvgIpc) is 3.71. The van der Waals surface area contributed by atoms with Crippen LogP contribution in [0, 0.1) is 13.8 Å². The number of benzene rings is 7. The summed E-state index contributed by atoms with van der Waals surface area (Å²) in [5.41, 5.74) is 14.3. The van der Waals surface area contributed by atoms with E-state index in [1.807, 2.05) is 0 Å². The van der Waals surface area contributed by atoms with E-state index in [9.17, 15) is 0 Å². The highest BCUT2D eigenvalue weighted by atomic mass is 15.1. The molecular formula is C45H34N4. The van der Waals surface area contributed by atoms with Crippen molar-refractivity contribution in [1.82, 2.24) is 19.1 Å². The van der Waals surface area contributed by atoms with Crippen molar-refractivity contribution in [2.45, 2.75) is 33.1 Å². The maximum atomic E-state index is 4.97. The van der Waals surface area contributed by atoms with Gasteiger partial charge in [0.15, 0.2) is 0 Å². The van der Waals surface area contributed by atoms with Gasteiger partial charge in [0.1, 0.15) is 11.6 Å². The van der Waals surface area contributed by atoms with Crippen LogP contribution in [0.15, 0.2) is 133 Å². The Balaban J connectivity index is 1.34. The van der Waals surface area contributed by atoms with Crippen molar-refractivity contribution in [2.75, 3.05) is 0 Å². The fourth-order valence-corrected chi connectivity index (χ4v) is 8.60. The minimum atomic E-state index is -0.0989. The van der Waals surface area contributed by atoms with Gasteiger partial charge < -0.3 is 0 Å². The van der Waals surface area contributed by atoms with Crippen LogP contribution >= 0.6 is 0 Å². The second-order valence-corrected chi connectivity index (χ2v) is 13.9. The quantitative estimate of drug-likeness (QED) is 0.182. The number of nitrogens with zero attached hydrogens (tertiary/aromatic N) is 4. The molecule has 234 valence electrons. The summed E-state index contributed by atoms with van der Waals surface area (Å²) in [6.07, 6.45) is 0. The van der Waals surface area contributed by atoms with Crippen molar-refractivity contribution in [2.24, 2.45) is 0 Å². The fraction of sp³-hybridized carbons (Fsp3) is 0.111. The first kappa shape index (κ1) is 28.1. The van der Waals surface area contributed by atoms with Gasteiger partial charge in [0.05, 0.1) is 33.4 Å². The molecule has 0 amide bonds. The Morgan fingerprint density at radius 1 is 0.469 bits per heavy atom. The molecule has 0 unspecified atom stereocenters. The van der Waals surface area contributed by atoms with E-state index in [2.05, 4.69) is 170 Å². The third-order valence-corrected chi connectivity index (χ3v) is 10.8. The molecule has 0 N–H and O–H groups in total. The van der Waals surface area contributed by atoms with Crippen molar-refractivity contribution in [3.05, 3.63) is 156 Å². The lowest BCUT2D eigenvalue weighted by Gasteiger charge is -2.23. The Hall–Kier alpha value is -6.00. The Bertz CT molecular complexity index is 2690. The number of hydrogen-bond acceptors (Lipinski definition) is 2. The van der Waals surface area contributed by atoms with Crippen LogP contribution in [0.25, 0.3) is 77.2 Å². The van der Waals surface area contributed by atoms with Crippen LogP contribution in [0.2, 0.25) is 0 Å². The molecule has 2 heterocycles. The number of fused-ring (bicyclic) bond motifs is 7. The number of aromatic nitrogens is 4. The molecule has 1 aliphatic rings. The monoisotopic (exact) mass is 630 g/mol. The SMILES string of the molecule is Cc1nc2ccccc2n1-c1cccc2c(-c3ccc4c(c3)C(C)(C)c3ccccc3-4)c3cccc(-n4c(C)nc5ccccc54)c3cc12. The van der Waals surface area contributed by atoms with Crippen LogP contribution in [0.1, 0.15) is 36.6 Å². The van der Waals surface area contributed by atoms with Crippen molar-refractivity contribution >= 4 is 43.6 Å². The average molecular weight is 631 g/mol. The zero-order valence-corrected chi connectivity index (χ0v) is 28.0. The van der Waals surface area contributed by atoms with E-state index in [-0.39, 0.29) is 5.41 Å². The van der Waals surface area contributed by atoms with Gasteiger partial charge in [-0.25, -0.2) is 9.97 Å². The molecule has 0 saturated carbocycles. The van der Waals surface area contributed by atoms with Crippen LogP contribution in [0.3, 0.4) is 0 Å². The molecule has 0 saturated heterocycles. The normalized spacial score (nSPS) is 13.5. The molecule has 49 heavy (non-hydrogen) atoms. The Morgan fingerprint density at radius 2 is 1.00 bits per heavy atom. The fourth-order valence-electron chi connectivity index (χ4n) is 8.60. The standard InChI is InChI=1S/C45H34N4/c1-27-46-38-17-7-9-19-42(38)48(27)40-21-11-14-32-34(40)26-35-33(15-12-22-41(35)49-28(2)47-39-18-8-10-20-43(39)49)44(32)29-23-24-31-30-13-5-6-16-36(30)45(3,4)37(31)25-29/h5-26H,1-4H3. The van der Waals surface area contributed by atoms with Crippen LogP contribution < -0.4 is 0 Å². The second-order valence-electron chi connectivity index (χ2n) is 13.9. The van der Waals surface area contributed by atoms with Gasteiger partial charge in [-0.2, -0.15) is 0 Å². The molecular weight excluding hydrogens is 597 g/mol. The minimum Gasteiger partial charge on any atom is -0.296 e. The molecule has 10 rings (SSSR count). The van der Waals surface area contributed by atoms with Crippen molar-refractivity contribution in [3.63, 3.8) is 0 Å². The highest BCUT2D eigenvalue weighted by Crippen LogP contribution is 2.51. The molecule has 0 atom stereocenters. The van der Waals surface area contributed by atoms with Crippen LogP contribution in [-0.2, 0) is 5.41 Å². The van der Waals surface area contributed by atoms with Crippen LogP contribution in [0.5, 0.6) is 0 Å². The molecule has 0 bridgehead atoms. The maximum absolute atomic E-state index is 4.97. The lowest BCUT2D eigenvalue weighted by molar-refractivity contribution is 0.660. The van der Waals surface area contributed by atoms with E-state index in [0.717, 1.165) is 45.1 Å². The summed E-state index contributed by atoms with van der Waals surface area (Å²) < 4.78 is 4.63. The summed E-state index contributed by atoms with van der Waals surface area (Å²) in [6, 6.07) is 48.7. The number of aryl methyl sites for hydroxylation is 2. The first-order chi connectivity index (χ1) is 23.9. The Kier molecular flexibility index (Phi) is 5.73. The second kappa shape index (κ2) is 10.0. The zero-order valence-electron chi connectivity index (χ0n) is 28.0. The number of imidazole rings is 2. The van der Waals surface area contributed by atoms with Gasteiger partial charge in [-0.1, -0.05) is 98.8 Å².